The molecule has 0 saturated carbocycles. The number of hydrogen-bond acceptors (Lipinski definition) is 4. The molecule has 0 bridgehead atoms. The van der Waals surface area contributed by atoms with Gasteiger partial charge < -0.3 is 10.6 Å². The first-order valence-electron chi connectivity index (χ1n) is 5.41. The first-order valence-corrected chi connectivity index (χ1v) is 7.26. The Bertz CT molecular complexity index is 372. The molecular formula is C11H16BrN3S. The summed E-state index contributed by atoms with van der Waals surface area (Å²) in [6, 6.07) is 2.06. The van der Waals surface area contributed by atoms with Gasteiger partial charge in [-0.2, -0.15) is 11.8 Å². The molecule has 0 spiro atoms. The van der Waals surface area contributed by atoms with Crippen LogP contribution in [0.5, 0.6) is 0 Å². The number of nitrogens with two attached hydrogens (primary N) is 1. The summed E-state index contributed by atoms with van der Waals surface area (Å²) in [4.78, 5) is 6.84. The molecule has 0 aliphatic carbocycles. The third-order valence-electron chi connectivity index (χ3n) is 2.67. The molecule has 0 radical (unpaired) electrons. The second kappa shape index (κ2) is 5.38. The number of thioether (sulfide) groups is 1. The molecular weight excluding hydrogens is 286 g/mol. The zero-order valence-corrected chi connectivity index (χ0v) is 11.7. The Kier molecular flexibility index (Phi) is 4.10. The van der Waals surface area contributed by atoms with Crippen molar-refractivity contribution in [3.05, 3.63) is 22.3 Å². The second-order valence-corrected chi connectivity index (χ2v) is 6.43. The minimum atomic E-state index is 0.541. The van der Waals surface area contributed by atoms with E-state index in [-0.39, 0.29) is 0 Å². The summed E-state index contributed by atoms with van der Waals surface area (Å²) in [5.41, 5.74) is 6.89. The maximum absolute atomic E-state index is 5.77. The van der Waals surface area contributed by atoms with Crippen LogP contribution < -0.4 is 10.6 Å². The molecule has 1 aliphatic rings. The number of halogens is 1. The van der Waals surface area contributed by atoms with E-state index in [1.807, 2.05) is 18.0 Å². The molecule has 1 atom stereocenters. The van der Waals surface area contributed by atoms with Crippen molar-refractivity contribution in [2.75, 3.05) is 23.7 Å². The normalized spacial score (nSPS) is 21.2. The summed E-state index contributed by atoms with van der Waals surface area (Å²) < 4.78 is 0.996. The molecule has 2 heterocycles. The molecule has 1 aromatic rings. The van der Waals surface area contributed by atoms with Crippen LogP contribution in [-0.4, -0.2) is 29.1 Å². The van der Waals surface area contributed by atoms with E-state index in [0.717, 1.165) is 28.9 Å². The van der Waals surface area contributed by atoms with E-state index in [0.29, 0.717) is 11.8 Å². The molecule has 16 heavy (non-hydrogen) atoms. The van der Waals surface area contributed by atoms with Crippen LogP contribution in [0.2, 0.25) is 0 Å². The summed E-state index contributed by atoms with van der Waals surface area (Å²) in [5, 5.41) is 0.671. The molecule has 1 fully saturated rings. The lowest BCUT2D eigenvalue weighted by Gasteiger charge is -2.32. The summed E-state index contributed by atoms with van der Waals surface area (Å²) >= 11 is 5.46. The van der Waals surface area contributed by atoms with E-state index in [1.165, 1.54) is 5.75 Å². The first-order chi connectivity index (χ1) is 7.70. The van der Waals surface area contributed by atoms with Crippen molar-refractivity contribution in [3.8, 4) is 0 Å². The van der Waals surface area contributed by atoms with Crippen molar-refractivity contribution >= 4 is 33.5 Å². The van der Waals surface area contributed by atoms with Gasteiger partial charge in [-0.15, -0.1) is 0 Å². The molecule has 5 heteroatoms. The molecule has 0 amide bonds. The quantitative estimate of drug-likeness (QED) is 0.910. The van der Waals surface area contributed by atoms with Gasteiger partial charge in [0.25, 0.3) is 0 Å². The first kappa shape index (κ1) is 12.2. The van der Waals surface area contributed by atoms with E-state index >= 15 is 0 Å². The zero-order valence-electron chi connectivity index (χ0n) is 9.32. The van der Waals surface area contributed by atoms with Crippen LogP contribution in [0.3, 0.4) is 0 Å². The maximum Gasteiger partial charge on any atom is 0.133 e. The van der Waals surface area contributed by atoms with E-state index in [1.54, 1.807) is 0 Å². The van der Waals surface area contributed by atoms with Crippen LogP contribution in [0, 0.1) is 0 Å². The molecule has 1 saturated heterocycles. The van der Waals surface area contributed by atoms with Crippen molar-refractivity contribution in [2.45, 2.75) is 18.7 Å². The van der Waals surface area contributed by atoms with Crippen molar-refractivity contribution in [3.63, 3.8) is 0 Å². The number of anilines is 1. The van der Waals surface area contributed by atoms with Gasteiger partial charge in [0, 0.05) is 46.9 Å². The van der Waals surface area contributed by atoms with Crippen LogP contribution >= 0.6 is 27.7 Å². The standard InChI is InChI=1S/C11H16BrN3S/c1-8-7-15(2-3-16-8)11-9(5-13)4-10(12)6-14-11/h4,6,8H,2-3,5,7,13H2,1H3. The number of hydrogen-bond donors (Lipinski definition) is 1. The summed E-state index contributed by atoms with van der Waals surface area (Å²) in [7, 11) is 0. The van der Waals surface area contributed by atoms with Gasteiger partial charge in [0.2, 0.25) is 0 Å². The average molecular weight is 302 g/mol. The predicted octanol–water partition coefficient (Wildman–Crippen LogP) is 2.24. The Morgan fingerprint density at radius 2 is 2.50 bits per heavy atom. The fourth-order valence-corrected chi connectivity index (χ4v) is 3.31. The Morgan fingerprint density at radius 1 is 1.69 bits per heavy atom. The highest BCUT2D eigenvalue weighted by Crippen LogP contribution is 2.26. The minimum Gasteiger partial charge on any atom is -0.354 e. The topological polar surface area (TPSA) is 42.2 Å². The third-order valence-corrected chi connectivity index (χ3v) is 4.24. The van der Waals surface area contributed by atoms with Gasteiger partial charge >= 0.3 is 0 Å². The van der Waals surface area contributed by atoms with Gasteiger partial charge in [-0.05, 0) is 22.0 Å². The fraction of sp³-hybridized carbons (Fsp3) is 0.545. The minimum absolute atomic E-state index is 0.541. The largest absolute Gasteiger partial charge is 0.354 e. The van der Waals surface area contributed by atoms with Gasteiger partial charge in [0.05, 0.1) is 0 Å². The Morgan fingerprint density at radius 3 is 3.19 bits per heavy atom. The average Bonchev–Trinajstić information content (AvgIpc) is 2.28. The Labute approximate surface area is 109 Å². The number of nitrogens with zero attached hydrogens (tertiary/aromatic N) is 2. The summed E-state index contributed by atoms with van der Waals surface area (Å²) in [6.45, 7) is 4.93. The Hall–Kier alpha value is -0.260. The van der Waals surface area contributed by atoms with Crippen LogP contribution in [0.1, 0.15) is 12.5 Å². The van der Waals surface area contributed by atoms with Crippen LogP contribution in [0.15, 0.2) is 16.7 Å². The molecule has 1 unspecified atom stereocenters. The Balaban J connectivity index is 2.24. The number of rotatable bonds is 2. The van der Waals surface area contributed by atoms with Gasteiger partial charge in [0.1, 0.15) is 5.82 Å². The monoisotopic (exact) mass is 301 g/mol. The van der Waals surface area contributed by atoms with Gasteiger partial charge in [-0.3, -0.25) is 0 Å². The molecule has 2 rings (SSSR count). The third kappa shape index (κ3) is 2.70. The van der Waals surface area contributed by atoms with Crippen molar-refractivity contribution in [2.24, 2.45) is 5.73 Å². The lowest BCUT2D eigenvalue weighted by atomic mass is 10.2. The van der Waals surface area contributed by atoms with E-state index in [4.69, 9.17) is 5.73 Å². The highest BCUT2D eigenvalue weighted by Gasteiger charge is 2.19. The van der Waals surface area contributed by atoms with Crippen molar-refractivity contribution in [1.29, 1.82) is 0 Å². The zero-order chi connectivity index (χ0) is 11.5. The lowest BCUT2D eigenvalue weighted by Crippen LogP contribution is -2.37. The van der Waals surface area contributed by atoms with Gasteiger partial charge in [-0.25, -0.2) is 4.98 Å². The fourth-order valence-electron chi connectivity index (χ4n) is 1.92. The molecule has 88 valence electrons. The highest BCUT2D eigenvalue weighted by molar-refractivity contribution is 9.10. The number of pyridine rings is 1. The molecule has 1 aliphatic heterocycles. The van der Waals surface area contributed by atoms with Gasteiger partial charge in [0.15, 0.2) is 0 Å². The van der Waals surface area contributed by atoms with Crippen LogP contribution in [0.25, 0.3) is 0 Å². The van der Waals surface area contributed by atoms with E-state index < -0.39 is 0 Å². The van der Waals surface area contributed by atoms with E-state index in [9.17, 15) is 0 Å². The van der Waals surface area contributed by atoms with Crippen molar-refractivity contribution in [1.82, 2.24) is 4.98 Å². The lowest BCUT2D eigenvalue weighted by molar-refractivity contribution is 0.762. The maximum atomic E-state index is 5.77. The smallest absolute Gasteiger partial charge is 0.133 e. The molecule has 2 N–H and O–H groups in total. The molecule has 3 nitrogen and oxygen atoms in total. The molecule has 0 aromatic carbocycles. The van der Waals surface area contributed by atoms with Crippen LogP contribution in [-0.2, 0) is 6.54 Å². The van der Waals surface area contributed by atoms with E-state index in [2.05, 4.69) is 38.8 Å². The summed E-state index contributed by atoms with van der Waals surface area (Å²) in [6.07, 6.45) is 1.85. The summed E-state index contributed by atoms with van der Waals surface area (Å²) in [5.74, 6) is 2.22. The second-order valence-electron chi connectivity index (χ2n) is 3.97. The predicted molar refractivity (Wildman–Crippen MR) is 74.0 cm³/mol. The highest BCUT2D eigenvalue weighted by atomic mass is 79.9. The van der Waals surface area contributed by atoms with Crippen LogP contribution in [0.4, 0.5) is 5.82 Å². The SMILES string of the molecule is CC1CN(c2ncc(Br)cc2CN)CCS1. The van der Waals surface area contributed by atoms with Gasteiger partial charge in [-0.1, -0.05) is 6.92 Å². The number of aromatic nitrogens is 1. The molecule has 1 aromatic heterocycles. The van der Waals surface area contributed by atoms with Crippen molar-refractivity contribution < 1.29 is 0 Å².